The second-order valence-electron chi connectivity index (χ2n) is 12.3. The Kier molecular flexibility index (Phi) is 8.38. The molecule has 2 fully saturated rings. The zero-order valence-electron chi connectivity index (χ0n) is 26.1. The zero-order valence-corrected chi connectivity index (χ0v) is 26.1. The molecule has 1 saturated heterocycles. The summed E-state index contributed by atoms with van der Waals surface area (Å²) in [5.74, 6) is 0.980. The van der Waals surface area contributed by atoms with E-state index in [2.05, 4.69) is 10.3 Å². The number of rotatable bonds is 3. The van der Waals surface area contributed by atoms with E-state index in [1.165, 1.54) is 6.07 Å². The lowest BCUT2D eigenvalue weighted by Crippen LogP contribution is -2.49. The maximum absolute atomic E-state index is 13.9. The SMILES string of the molecule is COc1cc2ccc1Oc1cccc(c1)CO[C@H]1CN(C(=O)c3cc(=O)[nH]c4ccccc34)C[C@@H]1NC(=O)CN(C1CC1)C(=O)CC2. The number of aryl methyl sites for hydroxylation is 1. The van der Waals surface area contributed by atoms with Crippen molar-refractivity contribution in [1.29, 1.82) is 0 Å². The summed E-state index contributed by atoms with van der Waals surface area (Å²) in [4.78, 5) is 59.2. The molecule has 4 heterocycles. The number of aromatic nitrogens is 1. The number of carbonyl (C=O) groups is 3. The Bertz CT molecular complexity index is 1900. The number of pyridine rings is 1. The quantitative estimate of drug-likeness (QED) is 0.350. The van der Waals surface area contributed by atoms with Crippen molar-refractivity contribution in [3.8, 4) is 17.2 Å². The van der Waals surface area contributed by atoms with Crippen molar-refractivity contribution in [3.05, 3.63) is 99.8 Å². The van der Waals surface area contributed by atoms with Crippen molar-refractivity contribution in [2.75, 3.05) is 26.7 Å². The molecule has 11 nitrogen and oxygen atoms in total. The number of H-pyrrole nitrogens is 1. The molecule has 4 aliphatic rings. The molecule has 1 aliphatic carbocycles. The van der Waals surface area contributed by atoms with Crippen LogP contribution in [0.5, 0.6) is 17.2 Å². The first-order chi connectivity index (χ1) is 22.8. The number of benzene rings is 3. The maximum Gasteiger partial charge on any atom is 0.254 e. The summed E-state index contributed by atoms with van der Waals surface area (Å²) in [5, 5.41) is 3.70. The summed E-state index contributed by atoms with van der Waals surface area (Å²) in [5.41, 5.74) is 2.26. The van der Waals surface area contributed by atoms with Crippen LogP contribution in [0.15, 0.2) is 77.6 Å². The van der Waals surface area contributed by atoms with E-state index in [1.807, 2.05) is 48.5 Å². The molecule has 2 N–H and O–H groups in total. The van der Waals surface area contributed by atoms with Crippen LogP contribution in [-0.2, 0) is 27.4 Å². The first-order valence-electron chi connectivity index (χ1n) is 15.9. The molecule has 11 heteroatoms. The predicted molar refractivity (Wildman–Crippen MR) is 174 cm³/mol. The van der Waals surface area contributed by atoms with Crippen LogP contribution < -0.4 is 20.3 Å². The molecule has 1 saturated carbocycles. The van der Waals surface area contributed by atoms with Gasteiger partial charge in [-0.1, -0.05) is 36.4 Å². The Morgan fingerprint density at radius 3 is 2.60 bits per heavy atom. The topological polar surface area (TPSA) is 130 Å². The molecule has 4 bridgehead atoms. The number of amides is 3. The lowest BCUT2D eigenvalue weighted by atomic mass is 10.1. The van der Waals surface area contributed by atoms with Gasteiger partial charge >= 0.3 is 0 Å². The second kappa shape index (κ2) is 12.9. The van der Waals surface area contributed by atoms with Gasteiger partial charge in [-0.05, 0) is 60.7 Å². The van der Waals surface area contributed by atoms with E-state index in [-0.39, 0.29) is 67.5 Å². The molecular weight excluding hydrogens is 600 g/mol. The van der Waals surface area contributed by atoms with E-state index in [1.54, 1.807) is 35.1 Å². The van der Waals surface area contributed by atoms with Crippen molar-refractivity contribution >= 4 is 28.6 Å². The zero-order chi connectivity index (χ0) is 32.5. The second-order valence-corrected chi connectivity index (χ2v) is 12.3. The van der Waals surface area contributed by atoms with Crippen LogP contribution in [0.4, 0.5) is 0 Å². The minimum Gasteiger partial charge on any atom is -0.493 e. The van der Waals surface area contributed by atoms with Crippen LogP contribution in [0.2, 0.25) is 0 Å². The Labute approximate surface area is 271 Å². The van der Waals surface area contributed by atoms with Crippen molar-refractivity contribution in [1.82, 2.24) is 20.1 Å². The van der Waals surface area contributed by atoms with Gasteiger partial charge in [0, 0.05) is 42.5 Å². The number of fused-ring (bicyclic) bond motifs is 10. The van der Waals surface area contributed by atoms with Crippen molar-refractivity contribution < 1.29 is 28.6 Å². The van der Waals surface area contributed by atoms with E-state index in [0.29, 0.717) is 34.6 Å². The normalized spacial score (nSPS) is 20.5. The molecule has 47 heavy (non-hydrogen) atoms. The molecule has 242 valence electrons. The van der Waals surface area contributed by atoms with Gasteiger partial charge in [0.15, 0.2) is 11.5 Å². The fourth-order valence-electron chi connectivity index (χ4n) is 6.39. The lowest BCUT2D eigenvalue weighted by Gasteiger charge is -2.25. The van der Waals surface area contributed by atoms with Gasteiger partial charge in [0.25, 0.3) is 5.91 Å². The van der Waals surface area contributed by atoms with Gasteiger partial charge in [0.1, 0.15) is 5.75 Å². The number of para-hydroxylation sites is 1. The average Bonchev–Trinajstić information content (AvgIpc) is 3.84. The summed E-state index contributed by atoms with van der Waals surface area (Å²) < 4.78 is 18.2. The van der Waals surface area contributed by atoms with E-state index < -0.39 is 12.1 Å². The largest absolute Gasteiger partial charge is 0.493 e. The number of ether oxygens (including phenoxy) is 3. The number of likely N-dealkylation sites (tertiary alicyclic amines) is 1. The third-order valence-corrected chi connectivity index (χ3v) is 8.95. The first-order valence-corrected chi connectivity index (χ1v) is 15.9. The Morgan fingerprint density at radius 1 is 0.915 bits per heavy atom. The summed E-state index contributed by atoms with van der Waals surface area (Å²) in [6, 6.07) is 21.1. The summed E-state index contributed by atoms with van der Waals surface area (Å²) in [6.45, 7) is 0.519. The average molecular weight is 637 g/mol. The molecule has 0 unspecified atom stereocenters. The van der Waals surface area contributed by atoms with E-state index in [4.69, 9.17) is 14.2 Å². The van der Waals surface area contributed by atoms with Crippen LogP contribution >= 0.6 is 0 Å². The Balaban J connectivity index is 1.18. The standard InChI is InChI=1S/C36H36N4O7/c1-45-31-16-22-9-13-30(31)47-25-6-4-5-23(15-25)21-46-32-19-39(36(44)27-17-33(41)37-28-8-3-2-7-26(27)28)18-29(32)38-34(42)20-40(24-11-12-24)35(43)14-10-22/h2-9,13,15-17,24,29,32H,10-12,14,18-21H2,1H3,(H,37,41)(H,38,42)/t29-,32-/m0/s1. The third kappa shape index (κ3) is 6.71. The van der Waals surface area contributed by atoms with Gasteiger partial charge < -0.3 is 34.3 Å². The van der Waals surface area contributed by atoms with E-state index in [0.717, 1.165) is 24.0 Å². The Hall–Kier alpha value is -5.16. The van der Waals surface area contributed by atoms with Gasteiger partial charge in [0.2, 0.25) is 17.4 Å². The highest BCUT2D eigenvalue weighted by Crippen LogP contribution is 2.34. The molecule has 1 aromatic heterocycles. The highest BCUT2D eigenvalue weighted by molar-refractivity contribution is 6.06. The number of hydrogen-bond donors (Lipinski definition) is 2. The molecule has 3 amide bonds. The number of carbonyl (C=O) groups excluding carboxylic acids is 3. The lowest BCUT2D eigenvalue weighted by molar-refractivity contribution is -0.137. The smallest absolute Gasteiger partial charge is 0.254 e. The van der Waals surface area contributed by atoms with E-state index in [9.17, 15) is 19.2 Å². The molecule has 8 rings (SSSR count). The fraction of sp³-hybridized carbons (Fsp3) is 0.333. The molecule has 2 atom stereocenters. The van der Waals surface area contributed by atoms with E-state index >= 15 is 0 Å². The molecular formula is C36H36N4O7. The van der Waals surface area contributed by atoms with Gasteiger partial charge in [-0.2, -0.15) is 0 Å². The first kappa shape index (κ1) is 30.5. The highest BCUT2D eigenvalue weighted by Gasteiger charge is 2.39. The van der Waals surface area contributed by atoms with Gasteiger partial charge in [-0.3, -0.25) is 19.2 Å². The summed E-state index contributed by atoms with van der Waals surface area (Å²) in [7, 11) is 1.58. The minimum absolute atomic E-state index is 0.0390. The number of nitrogens with zero attached hydrogens (tertiary/aromatic N) is 2. The number of hydrogen-bond acceptors (Lipinski definition) is 7. The van der Waals surface area contributed by atoms with Crippen molar-refractivity contribution in [2.45, 2.75) is 50.5 Å². The third-order valence-electron chi connectivity index (χ3n) is 8.95. The van der Waals surface area contributed by atoms with Crippen molar-refractivity contribution in [3.63, 3.8) is 0 Å². The summed E-state index contributed by atoms with van der Waals surface area (Å²) >= 11 is 0. The van der Waals surface area contributed by atoms with Gasteiger partial charge in [-0.15, -0.1) is 0 Å². The van der Waals surface area contributed by atoms with Gasteiger partial charge in [0.05, 0.1) is 38.0 Å². The number of aromatic amines is 1. The summed E-state index contributed by atoms with van der Waals surface area (Å²) in [6.07, 6.45) is 1.91. The van der Waals surface area contributed by atoms with Crippen LogP contribution in [-0.4, -0.2) is 77.4 Å². The highest BCUT2D eigenvalue weighted by atomic mass is 16.5. The predicted octanol–water partition coefficient (Wildman–Crippen LogP) is 3.79. The maximum atomic E-state index is 13.9. The number of nitrogens with one attached hydrogen (secondary N) is 2. The van der Waals surface area contributed by atoms with Crippen molar-refractivity contribution in [2.24, 2.45) is 0 Å². The molecule has 3 aliphatic heterocycles. The number of methoxy groups -OCH3 is 1. The van der Waals surface area contributed by atoms with Crippen LogP contribution in [0.1, 0.15) is 40.7 Å². The van der Waals surface area contributed by atoms with Crippen LogP contribution in [0.3, 0.4) is 0 Å². The molecule has 4 aromatic rings. The molecule has 0 radical (unpaired) electrons. The van der Waals surface area contributed by atoms with Crippen LogP contribution in [0, 0.1) is 0 Å². The van der Waals surface area contributed by atoms with Crippen LogP contribution in [0.25, 0.3) is 10.9 Å². The fourth-order valence-corrected chi connectivity index (χ4v) is 6.39. The minimum atomic E-state index is -0.541. The Morgan fingerprint density at radius 2 is 1.77 bits per heavy atom. The van der Waals surface area contributed by atoms with Gasteiger partial charge in [-0.25, -0.2) is 0 Å². The monoisotopic (exact) mass is 636 g/mol. The molecule has 0 spiro atoms. The molecule has 3 aromatic carbocycles.